The van der Waals surface area contributed by atoms with E-state index in [0.29, 0.717) is 0 Å². The van der Waals surface area contributed by atoms with Crippen molar-refractivity contribution in [1.82, 2.24) is 9.55 Å². The van der Waals surface area contributed by atoms with Crippen molar-refractivity contribution in [3.8, 4) is 5.69 Å². The zero-order valence-corrected chi connectivity index (χ0v) is 7.86. The summed E-state index contributed by atoms with van der Waals surface area (Å²) in [7, 11) is 0. The summed E-state index contributed by atoms with van der Waals surface area (Å²) >= 11 is 0. The van der Waals surface area contributed by atoms with Crippen LogP contribution < -0.4 is 0 Å². The summed E-state index contributed by atoms with van der Waals surface area (Å²) in [5.41, 5.74) is 3.79. The van der Waals surface area contributed by atoms with Crippen LogP contribution in [0.1, 0.15) is 11.1 Å². The average molecular weight is 172 g/mol. The minimum Gasteiger partial charge on any atom is -0.306 e. The monoisotopic (exact) mass is 172 g/mol. The van der Waals surface area contributed by atoms with Gasteiger partial charge < -0.3 is 4.57 Å². The fourth-order valence-electron chi connectivity index (χ4n) is 1.60. The van der Waals surface area contributed by atoms with Crippen LogP contribution in [0.2, 0.25) is 0 Å². The number of para-hydroxylation sites is 1. The lowest BCUT2D eigenvalue weighted by Crippen LogP contribution is -1.96. The first-order chi connectivity index (χ1) is 6.29. The predicted octanol–water partition coefficient (Wildman–Crippen LogP) is 2.49. The molecule has 0 fully saturated rings. The molecule has 0 spiro atoms. The fourth-order valence-corrected chi connectivity index (χ4v) is 1.60. The van der Waals surface area contributed by atoms with Crippen LogP contribution in [0.15, 0.2) is 36.9 Å². The van der Waals surface area contributed by atoms with E-state index in [4.69, 9.17) is 0 Å². The second kappa shape index (κ2) is 3.05. The van der Waals surface area contributed by atoms with Crippen LogP contribution in [-0.2, 0) is 0 Å². The molecule has 1 aromatic carbocycles. The van der Waals surface area contributed by atoms with Crippen molar-refractivity contribution in [3.63, 3.8) is 0 Å². The van der Waals surface area contributed by atoms with Crippen molar-refractivity contribution in [3.05, 3.63) is 48.0 Å². The summed E-state index contributed by atoms with van der Waals surface area (Å²) in [6.45, 7) is 4.23. The van der Waals surface area contributed by atoms with Gasteiger partial charge in [0.25, 0.3) is 0 Å². The Bertz CT molecular complexity index is 382. The number of rotatable bonds is 1. The van der Waals surface area contributed by atoms with Gasteiger partial charge in [0.2, 0.25) is 0 Å². The zero-order valence-electron chi connectivity index (χ0n) is 7.86. The maximum absolute atomic E-state index is 4.04. The van der Waals surface area contributed by atoms with Gasteiger partial charge >= 0.3 is 0 Å². The van der Waals surface area contributed by atoms with E-state index in [-0.39, 0.29) is 0 Å². The van der Waals surface area contributed by atoms with Crippen molar-refractivity contribution >= 4 is 0 Å². The molecule has 0 amide bonds. The highest BCUT2D eigenvalue weighted by atomic mass is 15.0. The molecule has 66 valence electrons. The van der Waals surface area contributed by atoms with Crippen LogP contribution in [-0.4, -0.2) is 9.55 Å². The lowest BCUT2D eigenvalue weighted by Gasteiger charge is -2.09. The van der Waals surface area contributed by atoms with Crippen LogP contribution in [0, 0.1) is 13.8 Å². The molecule has 13 heavy (non-hydrogen) atoms. The van der Waals surface area contributed by atoms with Crippen LogP contribution >= 0.6 is 0 Å². The van der Waals surface area contributed by atoms with Gasteiger partial charge in [0, 0.05) is 12.4 Å². The van der Waals surface area contributed by atoms with E-state index >= 15 is 0 Å². The van der Waals surface area contributed by atoms with Gasteiger partial charge in [0.1, 0.15) is 0 Å². The minimum atomic E-state index is 1.24. The standard InChI is InChI=1S/C11H12N2/c1-9-4-3-5-10(2)11(9)13-7-6-12-8-13/h3-8H,1-2H3. The van der Waals surface area contributed by atoms with Crippen molar-refractivity contribution in [2.24, 2.45) is 0 Å². The molecule has 1 heterocycles. The fraction of sp³-hybridized carbons (Fsp3) is 0.182. The molecule has 0 saturated carbocycles. The molecule has 2 nitrogen and oxygen atoms in total. The third-order valence-corrected chi connectivity index (χ3v) is 2.20. The smallest absolute Gasteiger partial charge is 0.0991 e. The number of benzene rings is 1. The second-order valence-corrected chi connectivity index (χ2v) is 3.21. The van der Waals surface area contributed by atoms with Gasteiger partial charge in [0.05, 0.1) is 12.0 Å². The summed E-state index contributed by atoms with van der Waals surface area (Å²) < 4.78 is 2.05. The van der Waals surface area contributed by atoms with Gasteiger partial charge in [-0.05, 0) is 25.0 Å². The third kappa shape index (κ3) is 1.35. The molecule has 0 atom stereocenters. The number of aromatic nitrogens is 2. The maximum Gasteiger partial charge on any atom is 0.0991 e. The number of imidazole rings is 1. The van der Waals surface area contributed by atoms with Crippen molar-refractivity contribution in [1.29, 1.82) is 0 Å². The molecule has 0 aliphatic heterocycles. The first kappa shape index (κ1) is 8.05. The Labute approximate surface area is 77.9 Å². The summed E-state index contributed by atoms with van der Waals surface area (Å²) in [4.78, 5) is 4.04. The molecule has 0 aliphatic carbocycles. The Balaban J connectivity index is 2.64. The van der Waals surface area contributed by atoms with E-state index in [2.05, 4.69) is 37.0 Å². The maximum atomic E-state index is 4.04. The quantitative estimate of drug-likeness (QED) is 0.646. The third-order valence-electron chi connectivity index (χ3n) is 2.20. The molecule has 0 saturated heterocycles. The molecule has 0 N–H and O–H groups in total. The molecule has 0 aliphatic rings. The minimum absolute atomic E-state index is 1.24. The van der Waals surface area contributed by atoms with Crippen molar-refractivity contribution in [2.75, 3.05) is 0 Å². The van der Waals surface area contributed by atoms with Gasteiger partial charge in [-0.3, -0.25) is 0 Å². The van der Waals surface area contributed by atoms with Gasteiger partial charge in [0.15, 0.2) is 0 Å². The largest absolute Gasteiger partial charge is 0.306 e. The highest BCUT2D eigenvalue weighted by Crippen LogP contribution is 2.17. The summed E-state index contributed by atoms with van der Waals surface area (Å²) in [5.74, 6) is 0. The lowest BCUT2D eigenvalue weighted by atomic mass is 10.1. The molecule has 2 rings (SSSR count). The molecule has 0 unspecified atom stereocenters. The first-order valence-corrected chi connectivity index (χ1v) is 4.33. The van der Waals surface area contributed by atoms with Crippen molar-refractivity contribution in [2.45, 2.75) is 13.8 Å². The second-order valence-electron chi connectivity index (χ2n) is 3.21. The zero-order chi connectivity index (χ0) is 9.26. The van der Waals surface area contributed by atoms with E-state index in [0.717, 1.165) is 0 Å². The highest BCUT2D eigenvalue weighted by molar-refractivity contribution is 5.46. The Morgan fingerprint density at radius 3 is 2.38 bits per heavy atom. The predicted molar refractivity (Wildman–Crippen MR) is 53.0 cm³/mol. The van der Waals surface area contributed by atoms with Crippen molar-refractivity contribution < 1.29 is 0 Å². The Kier molecular flexibility index (Phi) is 1.89. The average Bonchev–Trinajstić information content (AvgIpc) is 2.57. The van der Waals surface area contributed by atoms with E-state index in [1.165, 1.54) is 16.8 Å². The number of hydrogen-bond donors (Lipinski definition) is 0. The molecule has 2 heteroatoms. The van der Waals surface area contributed by atoms with Crippen LogP contribution in [0.25, 0.3) is 5.69 Å². The first-order valence-electron chi connectivity index (χ1n) is 4.33. The molecule has 1 aromatic heterocycles. The lowest BCUT2D eigenvalue weighted by molar-refractivity contribution is 1.02. The molecule has 2 aromatic rings. The Hall–Kier alpha value is -1.57. The molecular formula is C11H12N2. The van der Waals surface area contributed by atoms with Gasteiger partial charge in [-0.1, -0.05) is 18.2 Å². The molecular weight excluding hydrogens is 160 g/mol. The van der Waals surface area contributed by atoms with E-state index in [1.54, 1.807) is 6.20 Å². The van der Waals surface area contributed by atoms with Gasteiger partial charge in [-0.25, -0.2) is 4.98 Å². The Morgan fingerprint density at radius 1 is 1.15 bits per heavy atom. The van der Waals surface area contributed by atoms with Crippen LogP contribution in [0.5, 0.6) is 0 Å². The number of hydrogen-bond acceptors (Lipinski definition) is 1. The van der Waals surface area contributed by atoms with E-state index < -0.39 is 0 Å². The Morgan fingerprint density at radius 2 is 1.85 bits per heavy atom. The van der Waals surface area contributed by atoms with Crippen LogP contribution in [0.4, 0.5) is 0 Å². The van der Waals surface area contributed by atoms with E-state index in [1.807, 2.05) is 17.1 Å². The number of aryl methyl sites for hydroxylation is 2. The summed E-state index contributed by atoms with van der Waals surface area (Å²) in [6, 6.07) is 6.30. The molecule has 0 bridgehead atoms. The normalized spacial score (nSPS) is 10.3. The highest BCUT2D eigenvalue weighted by Gasteiger charge is 2.02. The van der Waals surface area contributed by atoms with Crippen LogP contribution in [0.3, 0.4) is 0 Å². The summed E-state index contributed by atoms with van der Waals surface area (Å²) in [5, 5.41) is 0. The topological polar surface area (TPSA) is 17.8 Å². The number of nitrogens with zero attached hydrogens (tertiary/aromatic N) is 2. The summed E-state index contributed by atoms with van der Waals surface area (Å²) in [6.07, 6.45) is 5.59. The SMILES string of the molecule is Cc1cccc(C)c1-n1ccnc1. The van der Waals surface area contributed by atoms with Gasteiger partial charge in [-0.15, -0.1) is 0 Å². The molecule has 0 radical (unpaired) electrons. The van der Waals surface area contributed by atoms with E-state index in [9.17, 15) is 0 Å². The van der Waals surface area contributed by atoms with Gasteiger partial charge in [-0.2, -0.15) is 0 Å².